The molecule has 0 aliphatic heterocycles. The van der Waals surface area contributed by atoms with Crippen molar-refractivity contribution in [1.82, 2.24) is 15.0 Å². The maximum Gasteiger partial charge on any atom is 0.291 e. The predicted molar refractivity (Wildman–Crippen MR) is 104 cm³/mol. The summed E-state index contributed by atoms with van der Waals surface area (Å²) in [5.41, 5.74) is 2.82. The molecule has 2 aromatic heterocycles. The van der Waals surface area contributed by atoms with Crippen LogP contribution in [-0.2, 0) is 0 Å². The topological polar surface area (TPSA) is 82.2 Å². The quantitative estimate of drug-likeness (QED) is 0.510. The first-order valence-corrected chi connectivity index (χ1v) is 9.09. The van der Waals surface area contributed by atoms with E-state index in [1.54, 1.807) is 35.1 Å². The van der Waals surface area contributed by atoms with Crippen LogP contribution in [0.1, 0.15) is 17.5 Å². The zero-order valence-electron chi connectivity index (χ0n) is 14.3. The summed E-state index contributed by atoms with van der Waals surface area (Å²) in [5.74, 6) is 0.687. The molecule has 0 bridgehead atoms. The summed E-state index contributed by atoms with van der Waals surface area (Å²) in [6.07, 6.45) is 0. The molecule has 0 saturated carbocycles. The largest absolute Gasteiger partial charge is 0.494 e. The molecule has 0 atom stereocenters. The number of fused-ring (bicyclic) bond motifs is 1. The predicted octanol–water partition coefficient (Wildman–Crippen LogP) is 4.43. The van der Waals surface area contributed by atoms with E-state index >= 15 is 0 Å². The smallest absolute Gasteiger partial charge is 0.291 e. The first-order valence-electron chi connectivity index (χ1n) is 8.29. The van der Waals surface area contributed by atoms with Gasteiger partial charge < -0.3 is 14.5 Å². The molecule has 0 aliphatic rings. The van der Waals surface area contributed by atoms with E-state index in [9.17, 15) is 4.79 Å². The second kappa shape index (κ2) is 7.24. The number of hydrogen-bond acceptors (Lipinski definition) is 5. The van der Waals surface area contributed by atoms with Gasteiger partial charge in [0.15, 0.2) is 10.4 Å². The van der Waals surface area contributed by atoms with Crippen LogP contribution in [-0.4, -0.2) is 27.5 Å². The average molecular weight is 427 g/mol. The van der Waals surface area contributed by atoms with Crippen molar-refractivity contribution in [3.63, 3.8) is 0 Å². The highest BCUT2D eigenvalue weighted by atomic mass is 79.9. The lowest BCUT2D eigenvalue weighted by atomic mass is 10.2. The maximum absolute atomic E-state index is 12.2. The molecule has 7 nitrogen and oxygen atoms in total. The summed E-state index contributed by atoms with van der Waals surface area (Å²) in [5, 5.41) is 11.7. The number of hydrogen-bond donors (Lipinski definition) is 1. The third-order valence-electron chi connectivity index (χ3n) is 3.81. The molecule has 2 heterocycles. The van der Waals surface area contributed by atoms with Gasteiger partial charge in [-0.15, -0.1) is 10.2 Å². The van der Waals surface area contributed by atoms with Crippen molar-refractivity contribution in [1.29, 1.82) is 0 Å². The molecule has 4 aromatic rings. The minimum Gasteiger partial charge on any atom is -0.494 e. The monoisotopic (exact) mass is 426 g/mol. The Labute approximate surface area is 163 Å². The zero-order chi connectivity index (χ0) is 18.8. The number of amides is 1. The number of furan rings is 1. The number of rotatable bonds is 5. The minimum absolute atomic E-state index is 0.222. The molecule has 4 rings (SSSR count). The second-order valence-corrected chi connectivity index (χ2v) is 6.46. The van der Waals surface area contributed by atoms with Crippen LogP contribution in [0.15, 0.2) is 63.7 Å². The normalized spacial score (nSPS) is 10.9. The third-order valence-corrected chi connectivity index (χ3v) is 4.24. The van der Waals surface area contributed by atoms with Crippen LogP contribution in [0.4, 0.5) is 5.69 Å². The van der Waals surface area contributed by atoms with Crippen molar-refractivity contribution in [3.05, 3.63) is 65.0 Å². The van der Waals surface area contributed by atoms with Crippen LogP contribution in [0.5, 0.6) is 5.75 Å². The summed E-state index contributed by atoms with van der Waals surface area (Å²) in [6.45, 7) is 2.56. The van der Waals surface area contributed by atoms with Gasteiger partial charge in [0, 0.05) is 5.69 Å². The molecule has 27 heavy (non-hydrogen) atoms. The summed E-state index contributed by atoms with van der Waals surface area (Å²) in [6, 6.07) is 16.1. The van der Waals surface area contributed by atoms with E-state index in [2.05, 4.69) is 31.4 Å². The van der Waals surface area contributed by atoms with Gasteiger partial charge in [-0.2, -0.15) is 4.80 Å². The highest BCUT2D eigenvalue weighted by Crippen LogP contribution is 2.20. The Morgan fingerprint density at radius 2 is 1.89 bits per heavy atom. The Hall–Kier alpha value is -3.13. The van der Waals surface area contributed by atoms with Crippen molar-refractivity contribution >= 4 is 38.6 Å². The van der Waals surface area contributed by atoms with Gasteiger partial charge in [-0.25, -0.2) is 0 Å². The molecule has 1 amide bonds. The number of aromatic nitrogens is 3. The van der Waals surface area contributed by atoms with Crippen LogP contribution in [0, 0.1) is 0 Å². The van der Waals surface area contributed by atoms with Crippen LogP contribution < -0.4 is 10.1 Å². The Morgan fingerprint density at radius 1 is 1.11 bits per heavy atom. The number of anilines is 1. The molecule has 0 fully saturated rings. The number of carbonyl (C=O) groups is 1. The molecular weight excluding hydrogens is 412 g/mol. The molecule has 0 aliphatic carbocycles. The molecule has 0 saturated heterocycles. The first kappa shape index (κ1) is 17.3. The van der Waals surface area contributed by atoms with Gasteiger partial charge in [-0.3, -0.25) is 4.79 Å². The van der Waals surface area contributed by atoms with Crippen molar-refractivity contribution in [3.8, 4) is 11.4 Å². The van der Waals surface area contributed by atoms with Gasteiger partial charge in [0.2, 0.25) is 0 Å². The Kier molecular flexibility index (Phi) is 4.64. The number of benzene rings is 2. The lowest BCUT2D eigenvalue weighted by Crippen LogP contribution is -2.10. The van der Waals surface area contributed by atoms with Crippen molar-refractivity contribution in [2.24, 2.45) is 0 Å². The molecule has 136 valence electrons. The minimum atomic E-state index is -0.334. The lowest BCUT2D eigenvalue weighted by molar-refractivity contribution is 0.0995. The maximum atomic E-state index is 12.2. The van der Waals surface area contributed by atoms with Crippen molar-refractivity contribution in [2.75, 3.05) is 11.9 Å². The number of carbonyl (C=O) groups excluding carboxylic acids is 1. The number of halogens is 1. The molecule has 0 radical (unpaired) electrons. The summed E-state index contributed by atoms with van der Waals surface area (Å²) in [4.78, 5) is 13.7. The Morgan fingerprint density at radius 3 is 2.59 bits per heavy atom. The standard InChI is InChI=1S/C19H15BrN4O3/c1-2-26-14-6-4-13(5-7-14)24-22-15-8-3-12(11-16(15)23-24)21-19(25)17-9-10-18(20)27-17/h3-11H,2H2,1H3,(H,21,25). The molecule has 2 aromatic carbocycles. The van der Waals surface area contributed by atoms with E-state index in [-0.39, 0.29) is 11.7 Å². The van der Waals surface area contributed by atoms with Crippen molar-refractivity contribution in [2.45, 2.75) is 6.92 Å². The highest BCUT2D eigenvalue weighted by Gasteiger charge is 2.12. The third kappa shape index (κ3) is 3.70. The van der Waals surface area contributed by atoms with Crippen LogP contribution in [0.25, 0.3) is 16.7 Å². The molecular formula is C19H15BrN4O3. The number of ether oxygens (including phenoxy) is 1. The highest BCUT2D eigenvalue weighted by molar-refractivity contribution is 9.10. The fourth-order valence-electron chi connectivity index (χ4n) is 2.58. The zero-order valence-corrected chi connectivity index (χ0v) is 15.9. The summed E-state index contributed by atoms with van der Waals surface area (Å²) < 4.78 is 11.2. The average Bonchev–Trinajstić information content (AvgIpc) is 3.28. The summed E-state index contributed by atoms with van der Waals surface area (Å²) in [7, 11) is 0. The van der Waals surface area contributed by atoms with E-state index < -0.39 is 0 Å². The van der Waals surface area contributed by atoms with Crippen LogP contribution in [0.2, 0.25) is 0 Å². The first-order chi connectivity index (χ1) is 13.1. The SMILES string of the molecule is CCOc1ccc(-n2nc3ccc(NC(=O)c4ccc(Br)o4)cc3n2)cc1. The second-order valence-electron chi connectivity index (χ2n) is 5.68. The van der Waals surface area contributed by atoms with Gasteiger partial charge in [-0.05, 0) is 77.5 Å². The fourth-order valence-corrected chi connectivity index (χ4v) is 2.89. The van der Waals surface area contributed by atoms with Crippen LogP contribution >= 0.6 is 15.9 Å². The van der Waals surface area contributed by atoms with Gasteiger partial charge in [0.25, 0.3) is 5.91 Å². The Balaban J connectivity index is 1.57. The van der Waals surface area contributed by atoms with E-state index in [1.807, 2.05) is 31.2 Å². The Bertz CT molecular complexity index is 1100. The summed E-state index contributed by atoms with van der Waals surface area (Å²) >= 11 is 3.18. The molecule has 1 N–H and O–H groups in total. The molecule has 0 unspecified atom stereocenters. The number of nitrogens with one attached hydrogen (secondary N) is 1. The fraction of sp³-hybridized carbons (Fsp3) is 0.105. The van der Waals surface area contributed by atoms with E-state index in [1.165, 1.54) is 0 Å². The van der Waals surface area contributed by atoms with Crippen molar-refractivity contribution < 1.29 is 13.9 Å². The van der Waals surface area contributed by atoms with Gasteiger partial charge in [0.1, 0.15) is 16.8 Å². The van der Waals surface area contributed by atoms with E-state index in [4.69, 9.17) is 9.15 Å². The van der Waals surface area contributed by atoms with Crippen LogP contribution in [0.3, 0.4) is 0 Å². The molecule has 0 spiro atoms. The molecule has 8 heteroatoms. The van der Waals surface area contributed by atoms with Gasteiger partial charge >= 0.3 is 0 Å². The lowest BCUT2D eigenvalue weighted by Gasteiger charge is -2.03. The van der Waals surface area contributed by atoms with Gasteiger partial charge in [-0.1, -0.05) is 0 Å². The van der Waals surface area contributed by atoms with E-state index in [0.717, 1.165) is 17.0 Å². The van der Waals surface area contributed by atoms with E-state index in [0.29, 0.717) is 22.5 Å². The van der Waals surface area contributed by atoms with Gasteiger partial charge in [0.05, 0.1) is 12.3 Å². The number of nitrogens with zero attached hydrogens (tertiary/aromatic N) is 3.